The number of hydrogen-bond donors (Lipinski definition) is 3. The Bertz CT molecular complexity index is 918. The number of aryl methyl sites for hydroxylation is 1. The van der Waals surface area contributed by atoms with Gasteiger partial charge in [-0.15, -0.1) is 0 Å². The molecule has 0 radical (unpaired) electrons. The fourth-order valence-corrected chi connectivity index (χ4v) is 3.39. The Morgan fingerprint density at radius 2 is 1.81 bits per heavy atom. The third-order valence-corrected chi connectivity index (χ3v) is 4.60. The van der Waals surface area contributed by atoms with Crippen LogP contribution in [0.15, 0.2) is 32.7 Å². The highest BCUT2D eigenvalue weighted by Crippen LogP contribution is 2.27. The fourth-order valence-electron chi connectivity index (χ4n) is 1.68. The highest BCUT2D eigenvalue weighted by Gasteiger charge is 2.23. The Hall–Kier alpha value is -1.77. The number of sulfonamides is 1. The number of benzene rings is 1. The largest absolute Gasteiger partial charge is 0.325 e. The molecule has 0 atom stereocenters. The van der Waals surface area contributed by atoms with E-state index in [1.807, 2.05) is 4.98 Å². The van der Waals surface area contributed by atoms with Crippen LogP contribution in [0.3, 0.4) is 0 Å². The molecule has 1 heterocycles. The molecule has 0 aliphatic rings. The summed E-state index contributed by atoms with van der Waals surface area (Å²) >= 11 is 11.6. The van der Waals surface area contributed by atoms with Crippen LogP contribution in [0.1, 0.15) is 5.69 Å². The number of aromatic nitrogens is 2. The molecule has 0 aliphatic carbocycles. The smallest absolute Gasteiger partial charge is 0.310 e. The van der Waals surface area contributed by atoms with E-state index in [9.17, 15) is 18.0 Å². The van der Waals surface area contributed by atoms with Crippen molar-refractivity contribution in [3.63, 3.8) is 0 Å². The summed E-state index contributed by atoms with van der Waals surface area (Å²) in [6, 6.07) is 4.20. The SMILES string of the molecule is Cc1[nH]c(=O)[nH]c(=O)c1S(=O)(=O)Nc1cc(Cl)ccc1Cl. The van der Waals surface area contributed by atoms with Gasteiger partial charge in [-0.25, -0.2) is 13.2 Å². The van der Waals surface area contributed by atoms with Crippen molar-refractivity contribution < 1.29 is 8.42 Å². The van der Waals surface area contributed by atoms with Crippen molar-refractivity contribution in [1.29, 1.82) is 0 Å². The lowest BCUT2D eigenvalue weighted by molar-refractivity contribution is 0.598. The standard InChI is InChI=1S/C11H9Cl2N3O4S/c1-5-9(10(17)15-11(18)14-5)21(19,20)16-8-4-6(12)2-3-7(8)13/h2-4,16H,1H3,(H2,14,15,17,18). The summed E-state index contributed by atoms with van der Waals surface area (Å²) in [7, 11) is -4.24. The Morgan fingerprint density at radius 1 is 1.14 bits per heavy atom. The van der Waals surface area contributed by atoms with Gasteiger partial charge in [-0.3, -0.25) is 14.5 Å². The molecule has 112 valence electrons. The summed E-state index contributed by atoms with van der Waals surface area (Å²) in [4.78, 5) is 26.2. The van der Waals surface area contributed by atoms with Gasteiger partial charge in [0.25, 0.3) is 15.6 Å². The zero-order valence-electron chi connectivity index (χ0n) is 10.5. The third-order valence-electron chi connectivity index (χ3n) is 2.52. The number of halogens is 2. The molecule has 10 heteroatoms. The van der Waals surface area contributed by atoms with Crippen molar-refractivity contribution in [2.75, 3.05) is 4.72 Å². The topological polar surface area (TPSA) is 112 Å². The average Bonchev–Trinajstić information content (AvgIpc) is 2.31. The molecule has 2 aromatic rings. The van der Waals surface area contributed by atoms with Crippen molar-refractivity contribution in [3.05, 3.63) is 54.8 Å². The number of hydrogen-bond acceptors (Lipinski definition) is 4. The van der Waals surface area contributed by atoms with Crippen LogP contribution >= 0.6 is 23.2 Å². The molecule has 7 nitrogen and oxygen atoms in total. The van der Waals surface area contributed by atoms with Gasteiger partial charge in [0.2, 0.25) is 0 Å². The predicted molar refractivity (Wildman–Crippen MR) is 79.7 cm³/mol. The minimum Gasteiger partial charge on any atom is -0.310 e. The molecule has 0 saturated heterocycles. The minimum atomic E-state index is -4.24. The van der Waals surface area contributed by atoms with E-state index in [-0.39, 0.29) is 21.4 Å². The van der Waals surface area contributed by atoms with Gasteiger partial charge in [0.1, 0.15) is 0 Å². The van der Waals surface area contributed by atoms with Crippen LogP contribution in [0.25, 0.3) is 0 Å². The van der Waals surface area contributed by atoms with Gasteiger partial charge in [-0.1, -0.05) is 23.2 Å². The normalized spacial score (nSPS) is 11.4. The van der Waals surface area contributed by atoms with Crippen molar-refractivity contribution in [3.8, 4) is 0 Å². The zero-order chi connectivity index (χ0) is 15.8. The van der Waals surface area contributed by atoms with E-state index in [0.29, 0.717) is 0 Å². The summed E-state index contributed by atoms with van der Waals surface area (Å²) in [5.74, 6) is 0. The third kappa shape index (κ3) is 3.29. The molecule has 0 spiro atoms. The van der Waals surface area contributed by atoms with Gasteiger partial charge in [-0.05, 0) is 25.1 Å². The van der Waals surface area contributed by atoms with Gasteiger partial charge in [0.15, 0.2) is 4.90 Å². The first-order chi connectivity index (χ1) is 9.70. The van der Waals surface area contributed by atoms with Crippen molar-refractivity contribution >= 4 is 38.9 Å². The van der Waals surface area contributed by atoms with Gasteiger partial charge in [-0.2, -0.15) is 0 Å². The second-order valence-electron chi connectivity index (χ2n) is 4.09. The second-order valence-corrected chi connectivity index (χ2v) is 6.55. The van der Waals surface area contributed by atoms with E-state index in [1.165, 1.54) is 25.1 Å². The Labute approximate surface area is 129 Å². The second kappa shape index (κ2) is 5.55. The van der Waals surface area contributed by atoms with Crippen LogP contribution < -0.4 is 16.0 Å². The quantitative estimate of drug-likeness (QED) is 0.778. The molecule has 0 unspecified atom stereocenters. The fraction of sp³-hybridized carbons (Fsp3) is 0.0909. The molecular formula is C11H9Cl2N3O4S. The molecule has 3 N–H and O–H groups in total. The minimum absolute atomic E-state index is 0.0224. The first-order valence-corrected chi connectivity index (χ1v) is 7.75. The summed E-state index contributed by atoms with van der Waals surface area (Å²) in [5, 5.41) is 0.380. The maximum Gasteiger partial charge on any atom is 0.325 e. The van der Waals surface area contributed by atoms with Crippen molar-refractivity contribution in [2.24, 2.45) is 0 Å². The van der Waals surface area contributed by atoms with E-state index in [0.717, 1.165) is 0 Å². The van der Waals surface area contributed by atoms with Crippen LogP contribution in [0.2, 0.25) is 10.0 Å². The summed E-state index contributed by atoms with van der Waals surface area (Å²) < 4.78 is 26.7. The molecule has 0 fully saturated rings. The van der Waals surface area contributed by atoms with Gasteiger partial charge in [0.05, 0.1) is 10.7 Å². The summed E-state index contributed by atoms with van der Waals surface area (Å²) in [6.45, 7) is 1.30. The van der Waals surface area contributed by atoms with E-state index in [2.05, 4.69) is 9.71 Å². The van der Waals surface area contributed by atoms with Gasteiger partial charge < -0.3 is 4.98 Å². The van der Waals surface area contributed by atoms with Crippen LogP contribution in [-0.2, 0) is 10.0 Å². The lowest BCUT2D eigenvalue weighted by Crippen LogP contribution is -2.31. The number of aromatic amines is 2. The Morgan fingerprint density at radius 3 is 2.43 bits per heavy atom. The highest BCUT2D eigenvalue weighted by molar-refractivity contribution is 7.92. The van der Waals surface area contributed by atoms with E-state index < -0.39 is 26.2 Å². The summed E-state index contributed by atoms with van der Waals surface area (Å²) in [6.07, 6.45) is 0. The van der Waals surface area contributed by atoms with Crippen LogP contribution in [0, 0.1) is 6.92 Å². The number of rotatable bonds is 3. The van der Waals surface area contributed by atoms with Crippen molar-refractivity contribution in [1.82, 2.24) is 9.97 Å². The Kier molecular flexibility index (Phi) is 4.13. The van der Waals surface area contributed by atoms with E-state index >= 15 is 0 Å². The van der Waals surface area contributed by atoms with Crippen molar-refractivity contribution in [2.45, 2.75) is 11.8 Å². The predicted octanol–water partition coefficient (Wildman–Crippen LogP) is 1.48. The highest BCUT2D eigenvalue weighted by atomic mass is 35.5. The molecule has 0 saturated carbocycles. The first kappa shape index (κ1) is 15.6. The maximum atomic E-state index is 12.3. The molecule has 0 aliphatic heterocycles. The maximum absolute atomic E-state index is 12.3. The Balaban J connectivity index is 2.56. The van der Waals surface area contributed by atoms with Crippen LogP contribution in [0.5, 0.6) is 0 Å². The number of anilines is 1. The molecule has 1 aromatic carbocycles. The molecule has 21 heavy (non-hydrogen) atoms. The lowest BCUT2D eigenvalue weighted by atomic mass is 10.3. The van der Waals surface area contributed by atoms with Gasteiger partial charge >= 0.3 is 5.69 Å². The monoisotopic (exact) mass is 349 g/mol. The van der Waals surface area contributed by atoms with E-state index in [4.69, 9.17) is 23.2 Å². The summed E-state index contributed by atoms with van der Waals surface area (Å²) in [5.41, 5.74) is -1.89. The molecular weight excluding hydrogens is 341 g/mol. The first-order valence-electron chi connectivity index (χ1n) is 5.52. The molecule has 0 bridgehead atoms. The molecule has 1 aromatic heterocycles. The lowest BCUT2D eigenvalue weighted by Gasteiger charge is -2.10. The van der Waals surface area contributed by atoms with Crippen LogP contribution in [0.4, 0.5) is 5.69 Å². The zero-order valence-corrected chi connectivity index (χ0v) is 12.9. The average molecular weight is 350 g/mol. The van der Waals surface area contributed by atoms with Crippen LogP contribution in [-0.4, -0.2) is 18.4 Å². The van der Waals surface area contributed by atoms with E-state index in [1.54, 1.807) is 0 Å². The van der Waals surface area contributed by atoms with Gasteiger partial charge in [0, 0.05) is 10.7 Å². The molecule has 0 amide bonds. The number of H-pyrrole nitrogens is 2. The number of nitrogens with one attached hydrogen (secondary N) is 3. The molecule has 2 rings (SSSR count).